The number of halogens is 1. The minimum absolute atomic E-state index is 0. The van der Waals surface area contributed by atoms with E-state index in [-0.39, 0.29) is 24.0 Å². The second-order valence-corrected chi connectivity index (χ2v) is 5.91. The van der Waals surface area contributed by atoms with Crippen LogP contribution >= 0.6 is 35.3 Å². The molecule has 0 aliphatic heterocycles. The first-order valence-corrected chi connectivity index (χ1v) is 8.35. The predicted molar refractivity (Wildman–Crippen MR) is 113 cm³/mol. The van der Waals surface area contributed by atoms with Gasteiger partial charge in [0.25, 0.3) is 0 Å². The second kappa shape index (κ2) is 11.0. The Morgan fingerprint density at radius 3 is 2.20 bits per heavy atom. The molecule has 0 fully saturated rings. The number of hydrogen-bond donors (Lipinski definition) is 2. The van der Waals surface area contributed by atoms with Crippen LogP contribution < -0.4 is 24.8 Å². The molecule has 0 spiro atoms. The van der Waals surface area contributed by atoms with Crippen LogP contribution in [-0.4, -0.2) is 34.3 Å². The number of nitrogens with zero attached hydrogens (tertiary/aromatic N) is 1. The van der Waals surface area contributed by atoms with E-state index in [0.717, 1.165) is 23.8 Å². The number of thiophene rings is 1. The van der Waals surface area contributed by atoms with Crippen molar-refractivity contribution in [3.05, 3.63) is 40.1 Å². The van der Waals surface area contributed by atoms with Gasteiger partial charge in [-0.05, 0) is 17.5 Å². The first-order valence-electron chi connectivity index (χ1n) is 7.47. The van der Waals surface area contributed by atoms with Crippen LogP contribution in [0.25, 0.3) is 0 Å². The lowest BCUT2D eigenvalue weighted by Crippen LogP contribution is -2.36. The van der Waals surface area contributed by atoms with Crippen molar-refractivity contribution in [2.45, 2.75) is 13.1 Å². The number of nitrogens with one attached hydrogen (secondary N) is 2. The van der Waals surface area contributed by atoms with Crippen molar-refractivity contribution in [2.75, 3.05) is 28.4 Å². The Labute approximate surface area is 169 Å². The van der Waals surface area contributed by atoms with Gasteiger partial charge in [0.1, 0.15) is 5.75 Å². The normalized spacial score (nSPS) is 10.6. The molecule has 0 bridgehead atoms. The molecule has 0 aliphatic carbocycles. The Morgan fingerprint density at radius 1 is 1.00 bits per heavy atom. The quantitative estimate of drug-likeness (QED) is 0.364. The smallest absolute Gasteiger partial charge is 0.191 e. The molecule has 0 saturated heterocycles. The molecule has 0 radical (unpaired) electrons. The second-order valence-electron chi connectivity index (χ2n) is 4.88. The molecular weight excluding hydrogens is 453 g/mol. The van der Waals surface area contributed by atoms with Gasteiger partial charge in [0.15, 0.2) is 17.5 Å². The number of rotatable bonds is 7. The van der Waals surface area contributed by atoms with Crippen molar-refractivity contribution in [2.24, 2.45) is 4.99 Å². The van der Waals surface area contributed by atoms with E-state index in [1.54, 1.807) is 39.7 Å². The molecule has 2 N–H and O–H groups in total. The summed E-state index contributed by atoms with van der Waals surface area (Å²) in [5, 5.41) is 8.62. The van der Waals surface area contributed by atoms with Crippen LogP contribution in [0.2, 0.25) is 0 Å². The molecule has 25 heavy (non-hydrogen) atoms. The molecule has 2 rings (SSSR count). The molecule has 2 aromatic rings. The number of guanidine groups is 1. The third kappa shape index (κ3) is 5.96. The summed E-state index contributed by atoms with van der Waals surface area (Å²) < 4.78 is 16.1. The highest BCUT2D eigenvalue weighted by atomic mass is 127. The van der Waals surface area contributed by atoms with Crippen LogP contribution in [0.4, 0.5) is 0 Å². The lowest BCUT2D eigenvalue weighted by Gasteiger charge is -2.16. The summed E-state index contributed by atoms with van der Waals surface area (Å²) in [6.45, 7) is 1.29. The van der Waals surface area contributed by atoms with Crippen LogP contribution in [0.5, 0.6) is 17.2 Å². The number of hydrogen-bond acceptors (Lipinski definition) is 5. The van der Waals surface area contributed by atoms with Gasteiger partial charge in [0, 0.05) is 30.1 Å². The molecule has 0 saturated carbocycles. The lowest BCUT2D eigenvalue weighted by molar-refractivity contribution is 0.347. The third-order valence-corrected chi connectivity index (χ3v) is 4.34. The maximum Gasteiger partial charge on any atom is 0.191 e. The zero-order valence-electron chi connectivity index (χ0n) is 14.8. The zero-order valence-corrected chi connectivity index (χ0v) is 17.9. The highest BCUT2D eigenvalue weighted by molar-refractivity contribution is 14.0. The van der Waals surface area contributed by atoms with Gasteiger partial charge < -0.3 is 24.8 Å². The van der Waals surface area contributed by atoms with E-state index in [4.69, 9.17) is 14.2 Å². The highest BCUT2D eigenvalue weighted by Gasteiger charge is 2.12. The molecule has 1 heterocycles. The van der Waals surface area contributed by atoms with Gasteiger partial charge in [-0.2, -0.15) is 0 Å². The SMILES string of the molecule is CN=C(NCc1cccs1)NCc1cc(OC)c(OC)cc1OC.I. The summed E-state index contributed by atoms with van der Waals surface area (Å²) in [5.74, 6) is 2.75. The number of aliphatic imine (C=N–C) groups is 1. The fourth-order valence-corrected chi connectivity index (χ4v) is 2.86. The van der Waals surface area contributed by atoms with Crippen molar-refractivity contribution in [3.8, 4) is 17.2 Å². The Balaban J connectivity index is 0.00000312. The van der Waals surface area contributed by atoms with Gasteiger partial charge in [0.05, 0.1) is 27.9 Å². The fraction of sp³-hybridized carbons (Fsp3) is 0.353. The van der Waals surface area contributed by atoms with Crippen LogP contribution in [0, 0.1) is 0 Å². The van der Waals surface area contributed by atoms with Gasteiger partial charge >= 0.3 is 0 Å². The summed E-state index contributed by atoms with van der Waals surface area (Å²) in [4.78, 5) is 5.49. The van der Waals surface area contributed by atoms with E-state index in [0.29, 0.717) is 18.0 Å². The minimum atomic E-state index is 0. The largest absolute Gasteiger partial charge is 0.496 e. The zero-order chi connectivity index (χ0) is 17.4. The highest BCUT2D eigenvalue weighted by Crippen LogP contribution is 2.34. The average molecular weight is 477 g/mol. The molecule has 0 unspecified atom stereocenters. The molecule has 8 heteroatoms. The molecule has 0 aliphatic rings. The number of methoxy groups -OCH3 is 3. The standard InChI is InChI=1S/C17H23N3O3S.HI/c1-18-17(20-11-13-6-5-7-24-13)19-10-12-8-15(22-3)16(23-4)9-14(12)21-2;/h5-9H,10-11H2,1-4H3,(H2,18,19,20);1H. The summed E-state index contributed by atoms with van der Waals surface area (Å²) in [5.41, 5.74) is 0.953. The van der Waals surface area contributed by atoms with E-state index in [9.17, 15) is 0 Å². The van der Waals surface area contributed by atoms with Crippen molar-refractivity contribution in [1.82, 2.24) is 10.6 Å². The van der Waals surface area contributed by atoms with Crippen molar-refractivity contribution < 1.29 is 14.2 Å². The van der Waals surface area contributed by atoms with E-state index in [2.05, 4.69) is 27.1 Å². The Kier molecular flexibility index (Phi) is 9.43. The third-order valence-electron chi connectivity index (χ3n) is 3.47. The van der Waals surface area contributed by atoms with Crippen LogP contribution in [0.1, 0.15) is 10.4 Å². The molecule has 1 aromatic carbocycles. The summed E-state index contributed by atoms with van der Waals surface area (Å²) in [6.07, 6.45) is 0. The molecule has 0 amide bonds. The van der Waals surface area contributed by atoms with Gasteiger partial charge in [0.2, 0.25) is 0 Å². The first kappa shape index (κ1) is 21.4. The molecule has 0 atom stereocenters. The first-order chi connectivity index (χ1) is 11.7. The maximum absolute atomic E-state index is 5.44. The van der Waals surface area contributed by atoms with Crippen LogP contribution in [0.3, 0.4) is 0 Å². The molecular formula is C17H24IN3O3S. The van der Waals surface area contributed by atoms with E-state index in [1.165, 1.54) is 4.88 Å². The van der Waals surface area contributed by atoms with Crippen LogP contribution in [0.15, 0.2) is 34.6 Å². The Morgan fingerprint density at radius 2 is 1.64 bits per heavy atom. The molecule has 138 valence electrons. The van der Waals surface area contributed by atoms with Gasteiger partial charge in [-0.15, -0.1) is 35.3 Å². The number of benzene rings is 1. The summed E-state index contributed by atoms with van der Waals surface area (Å²) >= 11 is 1.71. The van der Waals surface area contributed by atoms with E-state index >= 15 is 0 Å². The topological polar surface area (TPSA) is 64.1 Å². The molecule has 1 aromatic heterocycles. The van der Waals surface area contributed by atoms with E-state index < -0.39 is 0 Å². The summed E-state index contributed by atoms with van der Waals surface area (Å²) in [7, 11) is 6.60. The van der Waals surface area contributed by atoms with Crippen LogP contribution in [-0.2, 0) is 13.1 Å². The Hall–Kier alpha value is -1.68. The Bertz CT molecular complexity index is 678. The van der Waals surface area contributed by atoms with Crippen molar-refractivity contribution in [1.29, 1.82) is 0 Å². The van der Waals surface area contributed by atoms with Crippen molar-refractivity contribution in [3.63, 3.8) is 0 Å². The van der Waals surface area contributed by atoms with E-state index in [1.807, 2.05) is 18.2 Å². The van der Waals surface area contributed by atoms with Gasteiger partial charge in [-0.25, -0.2) is 0 Å². The fourth-order valence-electron chi connectivity index (χ4n) is 2.21. The minimum Gasteiger partial charge on any atom is -0.496 e. The average Bonchev–Trinajstić information content (AvgIpc) is 3.14. The predicted octanol–water partition coefficient (Wildman–Crippen LogP) is 3.26. The van der Waals surface area contributed by atoms with Gasteiger partial charge in [-0.1, -0.05) is 6.07 Å². The molecule has 6 nitrogen and oxygen atoms in total. The van der Waals surface area contributed by atoms with Gasteiger partial charge in [-0.3, -0.25) is 4.99 Å². The lowest BCUT2D eigenvalue weighted by atomic mass is 10.1. The van der Waals surface area contributed by atoms with Crippen molar-refractivity contribution >= 4 is 41.3 Å². The maximum atomic E-state index is 5.44. The monoisotopic (exact) mass is 477 g/mol. The number of ether oxygens (including phenoxy) is 3. The summed E-state index contributed by atoms with van der Waals surface area (Å²) in [6, 6.07) is 7.84.